The van der Waals surface area contributed by atoms with Gasteiger partial charge in [0.25, 0.3) is 0 Å². The topological polar surface area (TPSA) is 64.2 Å². The van der Waals surface area contributed by atoms with Crippen LogP contribution in [0.15, 0.2) is 23.2 Å². The van der Waals surface area contributed by atoms with Gasteiger partial charge in [0.1, 0.15) is 5.69 Å². The number of allylic oxidation sites excluding steroid dienone is 1. The van der Waals surface area contributed by atoms with Gasteiger partial charge in [-0.3, -0.25) is 4.99 Å². The molecule has 5 heteroatoms. The smallest absolute Gasteiger partial charge is 0.215 e. The third-order valence-electron chi connectivity index (χ3n) is 3.18. The highest BCUT2D eigenvalue weighted by molar-refractivity contribution is 7.71. The van der Waals surface area contributed by atoms with Crippen molar-refractivity contribution >= 4 is 35.8 Å². The van der Waals surface area contributed by atoms with Gasteiger partial charge in [0.15, 0.2) is 4.77 Å². The molecule has 3 N–H and O–H groups in total. The minimum absolute atomic E-state index is 0.0472. The summed E-state index contributed by atoms with van der Waals surface area (Å²) < 4.78 is 0.404. The van der Waals surface area contributed by atoms with Gasteiger partial charge in [-0.2, -0.15) is 0 Å². The number of hydrogen-bond donors (Lipinski definition) is 3. The highest BCUT2D eigenvalue weighted by Gasteiger charge is 2.15. The van der Waals surface area contributed by atoms with Gasteiger partial charge in [-0.05, 0) is 30.3 Å². The van der Waals surface area contributed by atoms with E-state index in [9.17, 15) is 5.11 Å². The molecule has 2 aromatic rings. The van der Waals surface area contributed by atoms with Crippen molar-refractivity contribution in [1.29, 1.82) is 0 Å². The Morgan fingerprint density at radius 2 is 2.21 bits per heavy atom. The zero-order valence-corrected chi connectivity index (χ0v) is 11.2. The fraction of sp³-hybridized carbons (Fsp3) is 0.143. The number of para-hydroxylation sites is 1. The molecule has 19 heavy (non-hydrogen) atoms. The lowest BCUT2D eigenvalue weighted by atomic mass is 10.0. The minimum atomic E-state index is 0.0472. The molecule has 0 bridgehead atoms. The van der Waals surface area contributed by atoms with Gasteiger partial charge in [-0.15, -0.1) is 0 Å². The van der Waals surface area contributed by atoms with Crippen molar-refractivity contribution < 1.29 is 5.11 Å². The highest BCUT2D eigenvalue weighted by Crippen LogP contribution is 2.36. The molecule has 0 radical (unpaired) electrons. The quantitative estimate of drug-likeness (QED) is 0.731. The molecule has 1 aromatic carbocycles. The predicted molar refractivity (Wildman–Crippen MR) is 79.5 cm³/mol. The van der Waals surface area contributed by atoms with Crippen LogP contribution in [0.1, 0.15) is 23.7 Å². The van der Waals surface area contributed by atoms with Crippen molar-refractivity contribution in [2.75, 3.05) is 0 Å². The maximum atomic E-state index is 9.70. The second-order valence-corrected chi connectivity index (χ2v) is 4.77. The third-order valence-corrected chi connectivity index (χ3v) is 3.38. The average molecular weight is 271 g/mol. The van der Waals surface area contributed by atoms with Gasteiger partial charge in [0.2, 0.25) is 5.88 Å². The lowest BCUT2D eigenvalue weighted by molar-refractivity contribution is 0.455. The van der Waals surface area contributed by atoms with E-state index < -0.39 is 0 Å². The predicted octanol–water partition coefficient (Wildman–Crippen LogP) is 3.60. The SMILES string of the molecule is CCc1cccc2c1N=C/C2=C\c1[nH]c(=S)[nH]c1O. The molecule has 1 aliphatic rings. The van der Waals surface area contributed by atoms with Crippen LogP contribution >= 0.6 is 12.2 Å². The number of nitrogens with one attached hydrogen (secondary N) is 2. The normalized spacial score (nSPS) is 15.1. The molecule has 0 aliphatic carbocycles. The van der Waals surface area contributed by atoms with Crippen molar-refractivity contribution in [2.24, 2.45) is 4.99 Å². The number of hydrogen-bond acceptors (Lipinski definition) is 3. The van der Waals surface area contributed by atoms with E-state index in [0.717, 1.165) is 23.2 Å². The monoisotopic (exact) mass is 271 g/mol. The molecule has 3 rings (SSSR count). The van der Waals surface area contributed by atoms with Crippen molar-refractivity contribution in [3.05, 3.63) is 39.8 Å². The van der Waals surface area contributed by atoms with Crippen LogP contribution in [0.4, 0.5) is 5.69 Å². The van der Waals surface area contributed by atoms with Crippen LogP contribution in [0.25, 0.3) is 11.6 Å². The van der Waals surface area contributed by atoms with E-state index in [-0.39, 0.29) is 5.88 Å². The Labute approximate surface area is 115 Å². The summed E-state index contributed by atoms with van der Waals surface area (Å²) in [6.45, 7) is 2.11. The first-order valence-corrected chi connectivity index (χ1v) is 6.49. The molecular weight excluding hydrogens is 258 g/mol. The maximum absolute atomic E-state index is 9.70. The molecule has 0 saturated carbocycles. The molecule has 0 saturated heterocycles. The first kappa shape index (κ1) is 11.9. The van der Waals surface area contributed by atoms with E-state index in [0.29, 0.717) is 10.5 Å². The number of rotatable bonds is 2. The standard InChI is InChI=1S/C14H13N3OS/c1-2-8-4-3-5-10-9(7-15-12(8)10)6-11-13(18)17-14(19)16-11/h3-7,18H,2H2,1H3,(H2,16,17,19)/b9-6+. The van der Waals surface area contributed by atoms with E-state index in [2.05, 4.69) is 28.0 Å². The van der Waals surface area contributed by atoms with Gasteiger partial charge in [0, 0.05) is 17.4 Å². The number of aromatic nitrogens is 2. The number of imidazole rings is 1. The number of aromatic hydroxyl groups is 1. The van der Waals surface area contributed by atoms with Gasteiger partial charge >= 0.3 is 0 Å². The van der Waals surface area contributed by atoms with Crippen LogP contribution in [-0.4, -0.2) is 21.3 Å². The average Bonchev–Trinajstić information content (AvgIpc) is 2.94. The summed E-state index contributed by atoms with van der Waals surface area (Å²) in [6, 6.07) is 6.14. The van der Waals surface area contributed by atoms with Crippen LogP contribution in [0.2, 0.25) is 0 Å². The molecule has 1 aromatic heterocycles. The van der Waals surface area contributed by atoms with Crippen molar-refractivity contribution in [1.82, 2.24) is 9.97 Å². The maximum Gasteiger partial charge on any atom is 0.215 e. The van der Waals surface area contributed by atoms with E-state index in [1.54, 1.807) is 0 Å². The highest BCUT2D eigenvalue weighted by atomic mass is 32.1. The van der Waals surface area contributed by atoms with E-state index >= 15 is 0 Å². The number of aryl methyl sites for hydroxylation is 1. The summed E-state index contributed by atoms with van der Waals surface area (Å²) in [7, 11) is 0. The summed E-state index contributed by atoms with van der Waals surface area (Å²) >= 11 is 4.94. The molecule has 4 nitrogen and oxygen atoms in total. The van der Waals surface area contributed by atoms with Crippen LogP contribution in [0.5, 0.6) is 5.88 Å². The molecule has 1 aliphatic heterocycles. The van der Waals surface area contributed by atoms with Crippen LogP contribution in [0, 0.1) is 4.77 Å². The Bertz CT molecular complexity index is 752. The van der Waals surface area contributed by atoms with Crippen LogP contribution in [-0.2, 0) is 6.42 Å². The molecule has 0 atom stereocenters. The number of aromatic amines is 2. The van der Waals surface area contributed by atoms with Gasteiger partial charge in [0.05, 0.1) is 5.69 Å². The van der Waals surface area contributed by atoms with Crippen molar-refractivity contribution in [3.8, 4) is 5.88 Å². The number of aliphatic imine (C=N–C) groups is 1. The Balaban J connectivity index is 2.10. The Morgan fingerprint density at radius 3 is 2.89 bits per heavy atom. The first-order chi connectivity index (χ1) is 9.19. The third kappa shape index (κ3) is 2.02. The van der Waals surface area contributed by atoms with Gasteiger partial charge < -0.3 is 15.1 Å². The van der Waals surface area contributed by atoms with E-state index in [1.165, 1.54) is 5.56 Å². The number of benzene rings is 1. The summed E-state index contributed by atoms with van der Waals surface area (Å²) in [5.41, 5.74) is 4.86. The zero-order valence-electron chi connectivity index (χ0n) is 10.4. The summed E-state index contributed by atoms with van der Waals surface area (Å²) in [4.78, 5) is 10.0. The van der Waals surface area contributed by atoms with Crippen molar-refractivity contribution in [2.45, 2.75) is 13.3 Å². The number of nitrogens with zero attached hydrogens (tertiary/aromatic N) is 1. The lowest BCUT2D eigenvalue weighted by Gasteiger charge is -2.04. The largest absolute Gasteiger partial charge is 0.493 e. The molecule has 0 amide bonds. The van der Waals surface area contributed by atoms with Crippen LogP contribution < -0.4 is 0 Å². The second-order valence-electron chi connectivity index (χ2n) is 4.37. The molecule has 0 unspecified atom stereocenters. The van der Waals surface area contributed by atoms with E-state index in [4.69, 9.17) is 12.2 Å². The molecular formula is C14H13N3OS. The fourth-order valence-corrected chi connectivity index (χ4v) is 2.43. The van der Waals surface area contributed by atoms with Gasteiger partial charge in [-0.25, -0.2) is 0 Å². The Kier molecular flexibility index (Phi) is 2.83. The zero-order chi connectivity index (χ0) is 13.4. The van der Waals surface area contributed by atoms with Crippen LogP contribution in [0.3, 0.4) is 0 Å². The summed E-state index contributed by atoms with van der Waals surface area (Å²) in [5.74, 6) is 0.0472. The minimum Gasteiger partial charge on any atom is -0.493 e. The molecule has 0 fully saturated rings. The molecule has 0 spiro atoms. The Hall–Kier alpha value is -2.14. The molecule has 2 heterocycles. The van der Waals surface area contributed by atoms with Crippen molar-refractivity contribution in [3.63, 3.8) is 0 Å². The summed E-state index contributed by atoms with van der Waals surface area (Å²) in [6.07, 6.45) is 4.61. The number of H-pyrrole nitrogens is 2. The van der Waals surface area contributed by atoms with Gasteiger partial charge in [-0.1, -0.05) is 25.1 Å². The lowest BCUT2D eigenvalue weighted by Crippen LogP contribution is -1.85. The fourth-order valence-electron chi connectivity index (χ4n) is 2.23. The number of fused-ring (bicyclic) bond motifs is 1. The summed E-state index contributed by atoms with van der Waals surface area (Å²) in [5, 5.41) is 9.70. The second kappa shape index (κ2) is 4.51. The first-order valence-electron chi connectivity index (χ1n) is 6.08. The Morgan fingerprint density at radius 1 is 1.37 bits per heavy atom. The van der Waals surface area contributed by atoms with E-state index in [1.807, 2.05) is 24.4 Å². The molecule has 96 valence electrons.